The van der Waals surface area contributed by atoms with Crippen molar-refractivity contribution in [1.29, 1.82) is 0 Å². The zero-order valence-corrected chi connectivity index (χ0v) is 18.0. The van der Waals surface area contributed by atoms with E-state index in [0.717, 1.165) is 5.56 Å². The lowest BCUT2D eigenvalue weighted by molar-refractivity contribution is -0.158. The molecule has 26 heavy (non-hydrogen) atoms. The quantitative estimate of drug-likeness (QED) is 0.255. The molecule has 0 fully saturated rings. The molecule has 0 aliphatic carbocycles. The Bertz CT molecular complexity index is 631. The molecule has 0 aliphatic rings. The van der Waals surface area contributed by atoms with Gasteiger partial charge in [0, 0.05) is 5.57 Å². The summed E-state index contributed by atoms with van der Waals surface area (Å²) in [6.45, 7) is 10.7. The SMILES string of the molecule is C[S+](C)CC(=C(C(=O)OC(C)(C)C)C(=O)OC(C)(C)C)c1ccccc1. The molecule has 0 radical (unpaired) electrons. The Hall–Kier alpha value is -1.75. The van der Waals surface area contributed by atoms with Gasteiger partial charge >= 0.3 is 11.9 Å². The molecular formula is C21H31O4S+. The molecule has 0 atom stereocenters. The van der Waals surface area contributed by atoms with Gasteiger partial charge in [-0.3, -0.25) is 0 Å². The van der Waals surface area contributed by atoms with Crippen LogP contribution in [0.5, 0.6) is 0 Å². The third-order valence-corrected chi connectivity index (χ3v) is 3.93. The first-order valence-electron chi connectivity index (χ1n) is 8.59. The summed E-state index contributed by atoms with van der Waals surface area (Å²) in [6.07, 6.45) is 4.15. The van der Waals surface area contributed by atoms with Crippen LogP contribution in [0, 0.1) is 0 Å². The number of rotatable bonds is 5. The van der Waals surface area contributed by atoms with Gasteiger partial charge in [-0.25, -0.2) is 9.59 Å². The Morgan fingerprint density at radius 3 is 1.62 bits per heavy atom. The Labute approximate surface area is 160 Å². The average molecular weight is 380 g/mol. The van der Waals surface area contributed by atoms with Crippen LogP contribution in [-0.4, -0.2) is 41.4 Å². The highest BCUT2D eigenvalue weighted by atomic mass is 32.2. The van der Waals surface area contributed by atoms with Gasteiger partial charge in [0.25, 0.3) is 0 Å². The van der Waals surface area contributed by atoms with Gasteiger partial charge in [0.2, 0.25) is 0 Å². The average Bonchev–Trinajstić information content (AvgIpc) is 2.43. The maximum atomic E-state index is 12.9. The van der Waals surface area contributed by atoms with E-state index in [1.807, 2.05) is 30.3 Å². The molecule has 0 bridgehead atoms. The molecule has 0 unspecified atom stereocenters. The summed E-state index contributed by atoms with van der Waals surface area (Å²) in [6, 6.07) is 9.48. The molecule has 0 N–H and O–H groups in total. The van der Waals surface area contributed by atoms with Crippen molar-refractivity contribution in [1.82, 2.24) is 0 Å². The minimum absolute atomic E-state index is 0.0118. The van der Waals surface area contributed by atoms with Gasteiger partial charge in [-0.1, -0.05) is 30.3 Å². The van der Waals surface area contributed by atoms with E-state index in [1.54, 1.807) is 41.5 Å². The molecule has 0 saturated heterocycles. The lowest BCUT2D eigenvalue weighted by Gasteiger charge is -2.24. The van der Waals surface area contributed by atoms with Crippen molar-refractivity contribution in [3.8, 4) is 0 Å². The molecule has 1 rings (SSSR count). The number of benzene rings is 1. The molecule has 5 heteroatoms. The van der Waals surface area contributed by atoms with Crippen LogP contribution in [0.4, 0.5) is 0 Å². The molecule has 1 aromatic carbocycles. The number of hydrogen-bond acceptors (Lipinski definition) is 4. The molecule has 4 nitrogen and oxygen atoms in total. The Morgan fingerprint density at radius 2 is 1.27 bits per heavy atom. The zero-order valence-electron chi connectivity index (χ0n) is 17.1. The topological polar surface area (TPSA) is 52.6 Å². The van der Waals surface area contributed by atoms with Gasteiger partial charge in [-0.05, 0) is 58.0 Å². The first kappa shape index (κ1) is 22.3. The second-order valence-corrected chi connectivity index (χ2v) is 10.6. The van der Waals surface area contributed by atoms with E-state index < -0.39 is 23.1 Å². The monoisotopic (exact) mass is 379 g/mol. The maximum absolute atomic E-state index is 12.9. The first-order chi connectivity index (χ1) is 11.8. The van der Waals surface area contributed by atoms with Gasteiger partial charge in [0.15, 0.2) is 5.57 Å². The van der Waals surface area contributed by atoms with E-state index in [4.69, 9.17) is 9.47 Å². The van der Waals surface area contributed by atoms with Crippen LogP contribution in [0.25, 0.3) is 5.57 Å². The first-order valence-corrected chi connectivity index (χ1v) is 10.8. The second-order valence-electron chi connectivity index (χ2n) is 8.35. The number of ether oxygens (including phenoxy) is 2. The minimum Gasteiger partial charge on any atom is -0.456 e. The smallest absolute Gasteiger partial charge is 0.346 e. The Balaban J connectivity index is 3.55. The van der Waals surface area contributed by atoms with Gasteiger partial charge in [-0.2, -0.15) is 0 Å². The fourth-order valence-electron chi connectivity index (χ4n) is 2.22. The predicted molar refractivity (Wildman–Crippen MR) is 109 cm³/mol. The van der Waals surface area contributed by atoms with Crippen molar-refractivity contribution in [3.05, 3.63) is 41.5 Å². The van der Waals surface area contributed by atoms with Crippen molar-refractivity contribution in [2.45, 2.75) is 52.7 Å². The molecule has 144 valence electrons. The summed E-state index contributed by atoms with van der Waals surface area (Å²) in [5.74, 6) is -0.690. The molecule has 0 aromatic heterocycles. The lowest BCUT2D eigenvalue weighted by Crippen LogP contribution is -2.32. The molecule has 0 aliphatic heterocycles. The highest BCUT2D eigenvalue weighted by molar-refractivity contribution is 7.95. The molecule has 0 amide bonds. The fourth-order valence-corrected chi connectivity index (χ4v) is 3.10. The third-order valence-electron chi connectivity index (χ3n) is 3.06. The van der Waals surface area contributed by atoms with E-state index in [2.05, 4.69) is 12.5 Å². The minimum atomic E-state index is -0.702. The van der Waals surface area contributed by atoms with E-state index in [9.17, 15) is 9.59 Å². The summed E-state index contributed by atoms with van der Waals surface area (Å²) in [4.78, 5) is 25.8. The van der Waals surface area contributed by atoms with Crippen LogP contribution in [0.1, 0.15) is 47.1 Å². The van der Waals surface area contributed by atoms with Crippen molar-refractivity contribution < 1.29 is 19.1 Å². The number of esters is 2. The maximum Gasteiger partial charge on any atom is 0.346 e. The predicted octanol–water partition coefficient (Wildman–Crippen LogP) is 4.00. The zero-order chi connectivity index (χ0) is 20.1. The molecule has 1 aromatic rings. The highest BCUT2D eigenvalue weighted by Gasteiger charge is 2.33. The van der Waals surface area contributed by atoms with Gasteiger partial charge in [-0.15, -0.1) is 0 Å². The van der Waals surface area contributed by atoms with Gasteiger partial charge < -0.3 is 9.47 Å². The Morgan fingerprint density at radius 1 is 0.846 bits per heavy atom. The summed E-state index contributed by atoms with van der Waals surface area (Å²) < 4.78 is 11.0. The largest absolute Gasteiger partial charge is 0.456 e. The molecule has 0 saturated carbocycles. The summed E-state index contributed by atoms with van der Waals surface area (Å²) in [5.41, 5.74) is 0.0866. The number of hydrogen-bond donors (Lipinski definition) is 0. The normalized spacial score (nSPS) is 11.9. The Kier molecular flexibility index (Phi) is 7.51. The van der Waals surface area contributed by atoms with Crippen molar-refractivity contribution in [3.63, 3.8) is 0 Å². The van der Waals surface area contributed by atoms with Gasteiger partial charge in [0.1, 0.15) is 17.0 Å². The van der Waals surface area contributed by atoms with E-state index in [-0.39, 0.29) is 16.5 Å². The van der Waals surface area contributed by atoms with Gasteiger partial charge in [0.05, 0.1) is 12.5 Å². The van der Waals surface area contributed by atoms with E-state index >= 15 is 0 Å². The van der Waals surface area contributed by atoms with Crippen molar-refractivity contribution in [2.75, 3.05) is 18.3 Å². The standard InChI is InChI=1S/C21H31O4S/c1-20(2,3)24-18(22)17(19(23)25-21(4,5)6)16(14-26(7)8)15-12-10-9-11-13-15/h9-13H,14H2,1-8H3/q+1. The third kappa shape index (κ3) is 7.65. The van der Waals surface area contributed by atoms with Crippen LogP contribution in [0.3, 0.4) is 0 Å². The summed E-state index contributed by atoms with van der Waals surface area (Å²) in [7, 11) is -0.0195. The lowest BCUT2D eigenvalue weighted by atomic mass is 10.0. The molecular weight excluding hydrogens is 348 g/mol. The molecule has 0 spiro atoms. The second kappa shape index (κ2) is 8.76. The van der Waals surface area contributed by atoms with Crippen LogP contribution in [0.2, 0.25) is 0 Å². The number of carbonyl (C=O) groups excluding carboxylic acids is 2. The van der Waals surface area contributed by atoms with Crippen molar-refractivity contribution >= 4 is 28.4 Å². The van der Waals surface area contributed by atoms with Crippen LogP contribution in [-0.2, 0) is 30.0 Å². The molecule has 0 heterocycles. The van der Waals surface area contributed by atoms with Crippen molar-refractivity contribution in [2.24, 2.45) is 0 Å². The number of carbonyl (C=O) groups is 2. The van der Waals surface area contributed by atoms with Crippen LogP contribution >= 0.6 is 0 Å². The van der Waals surface area contributed by atoms with Crippen LogP contribution in [0.15, 0.2) is 35.9 Å². The van der Waals surface area contributed by atoms with Crippen LogP contribution < -0.4 is 0 Å². The fraction of sp³-hybridized carbons (Fsp3) is 0.524. The summed E-state index contributed by atoms with van der Waals surface area (Å²) in [5, 5.41) is 0. The van der Waals surface area contributed by atoms with E-state index in [1.165, 1.54) is 0 Å². The van der Waals surface area contributed by atoms with E-state index in [0.29, 0.717) is 11.3 Å². The summed E-state index contributed by atoms with van der Waals surface area (Å²) >= 11 is 0. The highest BCUT2D eigenvalue weighted by Crippen LogP contribution is 2.26.